The van der Waals surface area contributed by atoms with Gasteiger partial charge in [-0.25, -0.2) is 4.79 Å². The molecule has 0 radical (unpaired) electrons. The van der Waals surface area contributed by atoms with Crippen LogP contribution in [0.1, 0.15) is 23.0 Å². The summed E-state index contributed by atoms with van der Waals surface area (Å²) in [6.45, 7) is 1.93. The van der Waals surface area contributed by atoms with E-state index in [0.717, 1.165) is 5.76 Å². The monoisotopic (exact) mass is 394 g/mol. The molecule has 0 fully saturated rings. The van der Waals surface area contributed by atoms with Crippen LogP contribution in [0, 0.1) is 0 Å². The lowest BCUT2D eigenvalue weighted by Crippen LogP contribution is -2.30. The Morgan fingerprint density at radius 2 is 1.72 bits per heavy atom. The number of hydrogen-bond donors (Lipinski definition) is 2. The van der Waals surface area contributed by atoms with E-state index in [1.165, 1.54) is 14.0 Å². The molecular weight excluding hydrogens is 372 g/mol. The van der Waals surface area contributed by atoms with Gasteiger partial charge in [0.05, 0.1) is 31.2 Å². The predicted octanol–water partition coefficient (Wildman–Crippen LogP) is 4.08. The number of rotatable bonds is 8. The first kappa shape index (κ1) is 20.0. The molecule has 0 saturated heterocycles. The Labute approximate surface area is 168 Å². The Kier molecular flexibility index (Phi) is 6.52. The summed E-state index contributed by atoms with van der Waals surface area (Å²) >= 11 is 0. The maximum absolute atomic E-state index is 12.6. The van der Waals surface area contributed by atoms with Crippen molar-refractivity contribution in [2.45, 2.75) is 19.6 Å². The molecular formula is C22H22N2O5. The highest BCUT2D eigenvalue weighted by Gasteiger charge is 2.21. The minimum atomic E-state index is -0.995. The first-order valence-corrected chi connectivity index (χ1v) is 9.08. The van der Waals surface area contributed by atoms with Crippen molar-refractivity contribution in [2.24, 2.45) is 0 Å². The summed E-state index contributed by atoms with van der Waals surface area (Å²) in [5.41, 5.74) is 1.42. The van der Waals surface area contributed by atoms with E-state index in [4.69, 9.17) is 13.9 Å². The van der Waals surface area contributed by atoms with Gasteiger partial charge in [0.15, 0.2) is 6.10 Å². The van der Waals surface area contributed by atoms with Crippen LogP contribution in [0.25, 0.3) is 0 Å². The Bertz CT molecular complexity index is 969. The Balaban J connectivity index is 1.64. The topological polar surface area (TPSA) is 89.8 Å². The van der Waals surface area contributed by atoms with Crippen molar-refractivity contribution in [1.29, 1.82) is 0 Å². The van der Waals surface area contributed by atoms with Crippen LogP contribution in [0.2, 0.25) is 0 Å². The van der Waals surface area contributed by atoms with Crippen molar-refractivity contribution in [1.82, 2.24) is 0 Å². The normalized spacial score (nSPS) is 11.4. The van der Waals surface area contributed by atoms with Crippen LogP contribution in [-0.4, -0.2) is 25.1 Å². The van der Waals surface area contributed by atoms with E-state index in [9.17, 15) is 9.59 Å². The molecule has 29 heavy (non-hydrogen) atoms. The lowest BCUT2D eigenvalue weighted by atomic mass is 10.1. The van der Waals surface area contributed by atoms with Crippen LogP contribution in [0.3, 0.4) is 0 Å². The molecule has 0 aliphatic carbocycles. The molecule has 2 N–H and O–H groups in total. The van der Waals surface area contributed by atoms with Gasteiger partial charge in [-0.1, -0.05) is 24.3 Å². The number of carbonyl (C=O) groups is 2. The minimum absolute atomic E-state index is 0.330. The summed E-state index contributed by atoms with van der Waals surface area (Å²) in [6.07, 6.45) is 0.588. The van der Waals surface area contributed by atoms with Crippen LogP contribution in [0.5, 0.6) is 5.75 Å². The maximum Gasteiger partial charge on any atom is 0.341 e. The molecule has 3 aromatic rings. The number of amides is 1. The summed E-state index contributed by atoms with van der Waals surface area (Å²) in [6, 6.07) is 17.6. The Morgan fingerprint density at radius 1 is 1.00 bits per heavy atom. The fraction of sp³-hybridized carbons (Fsp3) is 0.182. The zero-order valence-corrected chi connectivity index (χ0v) is 16.2. The molecule has 2 aromatic carbocycles. The van der Waals surface area contributed by atoms with Gasteiger partial charge in [-0.15, -0.1) is 0 Å². The number of para-hydroxylation sites is 3. The number of esters is 1. The van der Waals surface area contributed by atoms with Gasteiger partial charge in [-0.2, -0.15) is 0 Å². The molecule has 0 spiro atoms. The van der Waals surface area contributed by atoms with Crippen molar-refractivity contribution in [3.8, 4) is 5.75 Å². The van der Waals surface area contributed by atoms with Gasteiger partial charge in [0.2, 0.25) is 0 Å². The smallest absolute Gasteiger partial charge is 0.341 e. The first-order valence-electron chi connectivity index (χ1n) is 9.08. The summed E-state index contributed by atoms with van der Waals surface area (Å²) in [4.78, 5) is 25.1. The summed E-state index contributed by atoms with van der Waals surface area (Å²) in [5, 5.41) is 5.85. The number of furan rings is 1. The molecule has 1 atom stereocenters. The fourth-order valence-electron chi connectivity index (χ4n) is 2.67. The third-order valence-electron chi connectivity index (χ3n) is 4.20. The summed E-state index contributed by atoms with van der Waals surface area (Å²) < 4.78 is 15.9. The van der Waals surface area contributed by atoms with Gasteiger partial charge in [0, 0.05) is 5.69 Å². The number of anilines is 2. The molecule has 0 bridgehead atoms. The highest BCUT2D eigenvalue weighted by Crippen LogP contribution is 2.24. The van der Waals surface area contributed by atoms with Gasteiger partial charge < -0.3 is 24.5 Å². The number of ether oxygens (including phenoxy) is 2. The second kappa shape index (κ2) is 9.45. The Morgan fingerprint density at radius 3 is 2.45 bits per heavy atom. The van der Waals surface area contributed by atoms with E-state index < -0.39 is 18.0 Å². The van der Waals surface area contributed by atoms with E-state index >= 15 is 0 Å². The molecule has 1 unspecified atom stereocenters. The largest absolute Gasteiger partial charge is 0.495 e. The van der Waals surface area contributed by atoms with Gasteiger partial charge in [-0.05, 0) is 43.3 Å². The van der Waals surface area contributed by atoms with Crippen molar-refractivity contribution >= 4 is 23.3 Å². The van der Waals surface area contributed by atoms with Crippen LogP contribution >= 0.6 is 0 Å². The van der Waals surface area contributed by atoms with Crippen molar-refractivity contribution in [3.63, 3.8) is 0 Å². The number of methoxy groups -OCH3 is 1. The van der Waals surface area contributed by atoms with Crippen LogP contribution < -0.4 is 15.4 Å². The fourth-order valence-corrected chi connectivity index (χ4v) is 2.67. The van der Waals surface area contributed by atoms with E-state index in [1.54, 1.807) is 60.9 Å². The zero-order chi connectivity index (χ0) is 20.6. The molecule has 150 valence electrons. The van der Waals surface area contributed by atoms with Crippen LogP contribution in [0.4, 0.5) is 11.4 Å². The third kappa shape index (κ3) is 5.16. The summed E-state index contributed by atoms with van der Waals surface area (Å²) in [5.74, 6) is 0.198. The second-order valence-corrected chi connectivity index (χ2v) is 6.22. The SMILES string of the molecule is COc1ccccc1NC(=O)C(C)OC(=O)c1ccccc1NCc1ccco1. The van der Waals surface area contributed by atoms with Crippen molar-refractivity contribution < 1.29 is 23.5 Å². The molecule has 7 nitrogen and oxygen atoms in total. The number of hydrogen-bond acceptors (Lipinski definition) is 6. The van der Waals surface area contributed by atoms with Crippen LogP contribution in [-0.2, 0) is 16.1 Å². The van der Waals surface area contributed by atoms with Crippen molar-refractivity contribution in [3.05, 3.63) is 78.3 Å². The third-order valence-corrected chi connectivity index (χ3v) is 4.20. The van der Waals surface area contributed by atoms with E-state index in [2.05, 4.69) is 10.6 Å². The standard InChI is InChI=1S/C22H22N2O5/c1-15(21(25)24-19-11-5-6-12-20(19)27-2)29-22(26)17-9-3-4-10-18(17)23-14-16-8-7-13-28-16/h3-13,15,23H,14H2,1-2H3,(H,24,25). The summed E-state index contributed by atoms with van der Waals surface area (Å²) in [7, 11) is 1.51. The molecule has 3 rings (SSSR count). The zero-order valence-electron chi connectivity index (χ0n) is 16.2. The van der Waals surface area contributed by atoms with Gasteiger partial charge in [0.1, 0.15) is 11.5 Å². The minimum Gasteiger partial charge on any atom is -0.495 e. The quantitative estimate of drug-likeness (QED) is 0.560. The molecule has 0 aliphatic heterocycles. The lowest BCUT2D eigenvalue weighted by molar-refractivity contribution is -0.123. The first-order chi connectivity index (χ1) is 14.1. The van der Waals surface area contributed by atoms with E-state index in [-0.39, 0.29) is 0 Å². The van der Waals surface area contributed by atoms with Crippen LogP contribution in [0.15, 0.2) is 71.3 Å². The van der Waals surface area contributed by atoms with E-state index in [1.807, 2.05) is 6.07 Å². The molecule has 1 heterocycles. The predicted molar refractivity (Wildman–Crippen MR) is 109 cm³/mol. The molecule has 0 saturated carbocycles. The highest BCUT2D eigenvalue weighted by molar-refractivity contribution is 6.00. The van der Waals surface area contributed by atoms with Gasteiger partial charge >= 0.3 is 5.97 Å². The highest BCUT2D eigenvalue weighted by atomic mass is 16.5. The van der Waals surface area contributed by atoms with Gasteiger partial charge in [0.25, 0.3) is 5.91 Å². The average molecular weight is 394 g/mol. The maximum atomic E-state index is 12.6. The number of benzene rings is 2. The van der Waals surface area contributed by atoms with Crippen molar-refractivity contribution in [2.75, 3.05) is 17.7 Å². The average Bonchev–Trinajstić information content (AvgIpc) is 3.26. The second-order valence-electron chi connectivity index (χ2n) is 6.22. The molecule has 1 aromatic heterocycles. The Hall–Kier alpha value is -3.74. The number of nitrogens with one attached hydrogen (secondary N) is 2. The molecule has 0 aliphatic rings. The lowest BCUT2D eigenvalue weighted by Gasteiger charge is -2.16. The number of carbonyl (C=O) groups excluding carboxylic acids is 2. The molecule has 1 amide bonds. The van der Waals surface area contributed by atoms with E-state index in [0.29, 0.717) is 29.2 Å². The van der Waals surface area contributed by atoms with Gasteiger partial charge in [-0.3, -0.25) is 4.79 Å². The molecule has 7 heteroatoms.